The predicted molar refractivity (Wildman–Crippen MR) is 35.4 cm³/mol. The number of aromatic nitrogens is 1. The fourth-order valence-electron chi connectivity index (χ4n) is 0.454. The summed E-state index contributed by atoms with van der Waals surface area (Å²) in [5, 5.41) is 8.79. The molecule has 0 bridgehead atoms. The van der Waals surface area contributed by atoms with E-state index in [0.29, 0.717) is 11.7 Å². The van der Waals surface area contributed by atoms with Crippen molar-refractivity contribution in [2.45, 2.75) is 6.54 Å². The minimum absolute atomic E-state index is 0.472. The molecule has 1 rings (SSSR count). The van der Waals surface area contributed by atoms with E-state index < -0.39 is 0 Å². The van der Waals surface area contributed by atoms with Crippen LogP contribution in [-0.2, 0) is 6.54 Å². The molecule has 1 aromatic rings. The molecule has 0 aromatic carbocycles. The van der Waals surface area contributed by atoms with Gasteiger partial charge in [-0.1, -0.05) is 11.3 Å². The zero-order chi connectivity index (χ0) is 6.69. The average molecular weight is 145 g/mol. The Morgan fingerprint density at radius 1 is 1.89 bits per heavy atom. The summed E-state index contributed by atoms with van der Waals surface area (Å²) in [6.45, 7) is 0.472. The number of hydrogen-bond acceptors (Lipinski definition) is 5. The molecule has 0 saturated carbocycles. The van der Waals surface area contributed by atoms with E-state index in [9.17, 15) is 0 Å². The van der Waals surface area contributed by atoms with Crippen LogP contribution in [0.5, 0.6) is 0 Å². The zero-order valence-corrected chi connectivity index (χ0v) is 5.48. The van der Waals surface area contributed by atoms with Crippen LogP contribution >= 0.6 is 11.3 Å². The Morgan fingerprint density at radius 2 is 2.67 bits per heavy atom. The Hall–Kier alpha value is -0.650. The number of nitrogens with two attached hydrogens (primary N) is 1. The van der Waals surface area contributed by atoms with Crippen LogP contribution in [0.4, 0.5) is 5.13 Å². The highest BCUT2D eigenvalue weighted by Gasteiger charge is 1.95. The van der Waals surface area contributed by atoms with Crippen LogP contribution in [0.15, 0.2) is 6.20 Å². The van der Waals surface area contributed by atoms with Crippen molar-refractivity contribution in [1.29, 1.82) is 0 Å². The fourth-order valence-corrected chi connectivity index (χ4v) is 1.04. The summed E-state index contributed by atoms with van der Waals surface area (Å²) in [5.74, 6) is 0. The summed E-state index contributed by atoms with van der Waals surface area (Å²) in [4.78, 5) is 4.73. The Kier molecular flexibility index (Phi) is 1.99. The molecule has 0 saturated heterocycles. The van der Waals surface area contributed by atoms with Gasteiger partial charge in [-0.05, 0) is 0 Å². The minimum Gasteiger partial charge on any atom is -0.326 e. The molecule has 0 radical (unpaired) electrons. The molecule has 0 spiro atoms. The van der Waals surface area contributed by atoms with Crippen LogP contribution in [0.25, 0.3) is 0 Å². The van der Waals surface area contributed by atoms with Gasteiger partial charge < -0.3 is 5.73 Å². The van der Waals surface area contributed by atoms with E-state index in [1.807, 2.05) is 5.48 Å². The van der Waals surface area contributed by atoms with Gasteiger partial charge in [-0.2, -0.15) is 0 Å². The first kappa shape index (κ1) is 6.47. The normalized spacial score (nSPS) is 9.56. The van der Waals surface area contributed by atoms with Gasteiger partial charge in [0.1, 0.15) is 0 Å². The second-order valence-electron chi connectivity index (χ2n) is 1.45. The molecule has 5 heteroatoms. The van der Waals surface area contributed by atoms with Crippen molar-refractivity contribution < 1.29 is 5.21 Å². The third kappa shape index (κ3) is 1.38. The third-order valence-corrected chi connectivity index (χ3v) is 1.77. The lowest BCUT2D eigenvalue weighted by molar-refractivity contribution is 0.388. The minimum atomic E-state index is 0.472. The summed E-state index contributed by atoms with van der Waals surface area (Å²) >= 11 is 1.34. The molecule has 0 aliphatic rings. The topological polar surface area (TPSA) is 71.2 Å². The Bertz CT molecular complexity index is 169. The van der Waals surface area contributed by atoms with Crippen LogP contribution in [0, 0.1) is 0 Å². The van der Waals surface area contributed by atoms with Crippen LogP contribution in [0.3, 0.4) is 0 Å². The van der Waals surface area contributed by atoms with Crippen molar-refractivity contribution in [2.24, 2.45) is 5.73 Å². The number of anilines is 1. The monoisotopic (exact) mass is 145 g/mol. The van der Waals surface area contributed by atoms with Crippen LogP contribution < -0.4 is 11.2 Å². The van der Waals surface area contributed by atoms with Gasteiger partial charge >= 0.3 is 0 Å². The molecule has 0 amide bonds. The van der Waals surface area contributed by atoms with E-state index in [1.54, 1.807) is 6.20 Å². The lowest BCUT2D eigenvalue weighted by Crippen LogP contribution is -1.91. The average Bonchev–Trinajstić information content (AvgIpc) is 2.34. The molecule has 50 valence electrons. The van der Waals surface area contributed by atoms with Crippen molar-refractivity contribution >= 4 is 16.5 Å². The van der Waals surface area contributed by atoms with Gasteiger partial charge in [0, 0.05) is 17.6 Å². The van der Waals surface area contributed by atoms with E-state index in [-0.39, 0.29) is 0 Å². The second kappa shape index (κ2) is 2.77. The molecule has 4 nitrogen and oxygen atoms in total. The Labute approximate surface area is 56.3 Å². The standard InChI is InChI=1S/C4H7N3OS/c5-1-3-2-6-4(7-8)9-3/h2,8H,1,5H2,(H,6,7). The first-order chi connectivity index (χ1) is 4.36. The molecule has 4 N–H and O–H groups in total. The number of nitrogens with one attached hydrogen (secondary N) is 1. The van der Waals surface area contributed by atoms with Crippen LogP contribution in [0.2, 0.25) is 0 Å². The second-order valence-corrected chi connectivity index (χ2v) is 2.56. The lowest BCUT2D eigenvalue weighted by atomic mass is 10.6. The summed E-state index contributed by atoms with van der Waals surface area (Å²) < 4.78 is 0. The molecule has 9 heavy (non-hydrogen) atoms. The van der Waals surface area contributed by atoms with E-state index >= 15 is 0 Å². The van der Waals surface area contributed by atoms with Gasteiger partial charge in [0.15, 0.2) is 0 Å². The molecule has 0 aliphatic heterocycles. The van der Waals surface area contributed by atoms with Crippen LogP contribution in [0.1, 0.15) is 4.88 Å². The van der Waals surface area contributed by atoms with Gasteiger partial charge in [-0.15, -0.1) is 0 Å². The third-order valence-electron chi connectivity index (χ3n) is 0.850. The molecule has 0 aliphatic carbocycles. The molecule has 0 atom stereocenters. The van der Waals surface area contributed by atoms with Gasteiger partial charge in [0.2, 0.25) is 5.13 Å². The highest BCUT2D eigenvalue weighted by atomic mass is 32.1. The van der Waals surface area contributed by atoms with Crippen molar-refractivity contribution in [1.82, 2.24) is 4.98 Å². The summed E-state index contributed by atoms with van der Waals surface area (Å²) in [6.07, 6.45) is 1.63. The van der Waals surface area contributed by atoms with Gasteiger partial charge in [0.25, 0.3) is 0 Å². The lowest BCUT2D eigenvalue weighted by Gasteiger charge is -1.84. The van der Waals surface area contributed by atoms with Gasteiger partial charge in [-0.3, -0.25) is 5.21 Å². The van der Waals surface area contributed by atoms with Crippen molar-refractivity contribution in [3.8, 4) is 0 Å². The number of rotatable bonds is 2. The van der Waals surface area contributed by atoms with E-state index in [2.05, 4.69) is 4.98 Å². The van der Waals surface area contributed by atoms with Crippen LogP contribution in [-0.4, -0.2) is 10.2 Å². The summed E-state index contributed by atoms with van der Waals surface area (Å²) in [6, 6.07) is 0. The van der Waals surface area contributed by atoms with Crippen molar-refractivity contribution in [2.75, 3.05) is 5.48 Å². The van der Waals surface area contributed by atoms with Crippen molar-refractivity contribution in [3.63, 3.8) is 0 Å². The highest BCUT2D eigenvalue weighted by molar-refractivity contribution is 7.15. The molecule has 0 unspecified atom stereocenters. The summed E-state index contributed by atoms with van der Waals surface area (Å²) in [7, 11) is 0. The number of nitrogens with zero attached hydrogens (tertiary/aromatic N) is 1. The van der Waals surface area contributed by atoms with E-state index in [0.717, 1.165) is 4.88 Å². The highest BCUT2D eigenvalue weighted by Crippen LogP contribution is 2.15. The Balaban J connectivity index is 2.74. The van der Waals surface area contributed by atoms with E-state index in [4.69, 9.17) is 10.9 Å². The fraction of sp³-hybridized carbons (Fsp3) is 0.250. The maximum Gasteiger partial charge on any atom is 0.206 e. The first-order valence-electron chi connectivity index (χ1n) is 2.41. The maximum absolute atomic E-state index is 8.30. The first-order valence-corrected chi connectivity index (χ1v) is 3.23. The zero-order valence-electron chi connectivity index (χ0n) is 4.66. The van der Waals surface area contributed by atoms with Crippen molar-refractivity contribution in [3.05, 3.63) is 11.1 Å². The smallest absolute Gasteiger partial charge is 0.206 e. The Morgan fingerprint density at radius 3 is 3.00 bits per heavy atom. The molecular formula is C4H7N3OS. The number of thiazole rings is 1. The maximum atomic E-state index is 8.30. The molecule has 0 fully saturated rings. The molecule has 1 heterocycles. The molecule has 1 aromatic heterocycles. The van der Waals surface area contributed by atoms with Gasteiger partial charge in [-0.25, -0.2) is 10.5 Å². The number of hydrogen-bond donors (Lipinski definition) is 3. The quantitative estimate of drug-likeness (QED) is 0.527. The van der Waals surface area contributed by atoms with Gasteiger partial charge in [0.05, 0.1) is 0 Å². The van der Waals surface area contributed by atoms with E-state index in [1.165, 1.54) is 11.3 Å². The SMILES string of the molecule is NCc1cnc(NO)s1. The molecular weight excluding hydrogens is 138 g/mol. The summed E-state index contributed by atoms with van der Waals surface area (Å²) in [5.41, 5.74) is 7.21. The predicted octanol–water partition coefficient (Wildman–Crippen LogP) is 0.403. The largest absolute Gasteiger partial charge is 0.326 e.